The lowest BCUT2D eigenvalue weighted by Gasteiger charge is -2.21. The van der Waals surface area contributed by atoms with E-state index in [0.717, 1.165) is 0 Å². The van der Waals surface area contributed by atoms with Crippen molar-refractivity contribution in [2.45, 2.75) is 25.2 Å². The van der Waals surface area contributed by atoms with Gasteiger partial charge in [-0.05, 0) is 36.6 Å². The third-order valence-electron chi connectivity index (χ3n) is 3.61. The molecule has 22 heavy (non-hydrogen) atoms. The molecule has 1 atom stereocenters. The number of aliphatic hydroxyl groups is 1. The van der Waals surface area contributed by atoms with Crippen LogP contribution in [0.25, 0.3) is 0 Å². The molecule has 0 amide bonds. The summed E-state index contributed by atoms with van der Waals surface area (Å²) in [6, 6.07) is 8.87. The van der Waals surface area contributed by atoms with Gasteiger partial charge in [-0.2, -0.15) is 0 Å². The molecule has 0 spiro atoms. The van der Waals surface area contributed by atoms with E-state index in [1.54, 1.807) is 18.2 Å². The van der Waals surface area contributed by atoms with Gasteiger partial charge < -0.3 is 5.11 Å². The van der Waals surface area contributed by atoms with Gasteiger partial charge in [0, 0.05) is 18.1 Å². The van der Waals surface area contributed by atoms with Crippen LogP contribution in [0, 0.1) is 11.6 Å². The van der Waals surface area contributed by atoms with Gasteiger partial charge in [-0.25, -0.2) is 8.78 Å². The Bertz CT molecular complexity index is 626. The first-order chi connectivity index (χ1) is 10.6. The standard InChI is InChI=1S/C17H16Cl2F2O/c18-13-7-3-6-12(17(13)19)11(5-1-2-10-22)16-14(20)8-4-9-15(16)21/h3-4,6-9,11,22H,1-2,5,10H2. The van der Waals surface area contributed by atoms with Gasteiger partial charge in [0.2, 0.25) is 0 Å². The Morgan fingerprint density at radius 3 is 2.23 bits per heavy atom. The monoisotopic (exact) mass is 344 g/mol. The maximum atomic E-state index is 14.2. The summed E-state index contributed by atoms with van der Waals surface area (Å²) < 4.78 is 28.3. The first-order valence-corrected chi connectivity index (χ1v) is 7.80. The van der Waals surface area contributed by atoms with E-state index in [-0.39, 0.29) is 12.2 Å². The predicted molar refractivity (Wildman–Crippen MR) is 85.6 cm³/mol. The second kappa shape index (κ2) is 7.91. The van der Waals surface area contributed by atoms with Gasteiger partial charge in [0.05, 0.1) is 10.0 Å². The molecule has 118 valence electrons. The lowest BCUT2D eigenvalue weighted by Crippen LogP contribution is -2.08. The zero-order chi connectivity index (χ0) is 16.1. The number of aliphatic hydroxyl groups excluding tert-OH is 1. The fourth-order valence-corrected chi connectivity index (χ4v) is 2.99. The van der Waals surface area contributed by atoms with E-state index in [0.29, 0.717) is 34.9 Å². The van der Waals surface area contributed by atoms with E-state index in [2.05, 4.69) is 0 Å². The van der Waals surface area contributed by atoms with Gasteiger partial charge in [0.15, 0.2) is 0 Å². The van der Waals surface area contributed by atoms with Crippen molar-refractivity contribution in [2.75, 3.05) is 6.61 Å². The molecule has 5 heteroatoms. The Morgan fingerprint density at radius 1 is 0.955 bits per heavy atom. The van der Waals surface area contributed by atoms with Crippen LogP contribution in [0.2, 0.25) is 10.0 Å². The quantitative estimate of drug-likeness (QED) is 0.679. The van der Waals surface area contributed by atoms with E-state index < -0.39 is 17.6 Å². The fraction of sp³-hybridized carbons (Fsp3) is 0.294. The largest absolute Gasteiger partial charge is 0.396 e. The Labute approximate surface area is 138 Å². The minimum Gasteiger partial charge on any atom is -0.396 e. The van der Waals surface area contributed by atoms with Gasteiger partial charge in [0.25, 0.3) is 0 Å². The number of benzene rings is 2. The second-order valence-corrected chi connectivity index (χ2v) is 5.84. The summed E-state index contributed by atoms with van der Waals surface area (Å²) >= 11 is 12.3. The average Bonchev–Trinajstić information content (AvgIpc) is 2.49. The first-order valence-electron chi connectivity index (χ1n) is 7.05. The smallest absolute Gasteiger partial charge is 0.129 e. The summed E-state index contributed by atoms with van der Waals surface area (Å²) in [5.41, 5.74) is 0.584. The third-order valence-corrected chi connectivity index (χ3v) is 4.44. The number of halogens is 4. The summed E-state index contributed by atoms with van der Waals surface area (Å²) in [4.78, 5) is 0. The van der Waals surface area contributed by atoms with Gasteiger partial charge >= 0.3 is 0 Å². The maximum Gasteiger partial charge on any atom is 0.129 e. The van der Waals surface area contributed by atoms with Gasteiger partial charge in [0.1, 0.15) is 11.6 Å². The fourth-order valence-electron chi connectivity index (χ4n) is 2.55. The minimum absolute atomic E-state index is 0.00962. The van der Waals surface area contributed by atoms with Crippen molar-refractivity contribution < 1.29 is 13.9 Å². The van der Waals surface area contributed by atoms with Crippen LogP contribution in [0.1, 0.15) is 36.3 Å². The molecule has 0 saturated heterocycles. The molecule has 1 nitrogen and oxygen atoms in total. The third kappa shape index (κ3) is 3.78. The maximum absolute atomic E-state index is 14.2. The van der Waals surface area contributed by atoms with Crippen LogP contribution in [-0.2, 0) is 0 Å². The lowest BCUT2D eigenvalue weighted by molar-refractivity contribution is 0.282. The highest BCUT2D eigenvalue weighted by molar-refractivity contribution is 6.42. The number of rotatable bonds is 6. The molecular weight excluding hydrogens is 329 g/mol. The molecular formula is C17H16Cl2F2O. The van der Waals surface area contributed by atoms with Crippen molar-refractivity contribution in [3.63, 3.8) is 0 Å². The molecule has 0 aromatic heterocycles. The number of hydrogen-bond donors (Lipinski definition) is 1. The van der Waals surface area contributed by atoms with Crippen molar-refractivity contribution in [1.82, 2.24) is 0 Å². The summed E-state index contributed by atoms with van der Waals surface area (Å²) in [6.07, 6.45) is 1.65. The van der Waals surface area contributed by atoms with Gasteiger partial charge in [-0.3, -0.25) is 0 Å². The molecule has 0 aliphatic heterocycles. The van der Waals surface area contributed by atoms with Crippen LogP contribution >= 0.6 is 23.2 Å². The SMILES string of the molecule is OCCCCC(c1cccc(Cl)c1Cl)c1c(F)cccc1F. The summed E-state index contributed by atoms with van der Waals surface area (Å²) in [5.74, 6) is -1.76. The van der Waals surface area contributed by atoms with E-state index >= 15 is 0 Å². The molecule has 2 aromatic carbocycles. The summed E-state index contributed by atoms with van der Waals surface area (Å²) in [6.45, 7) is 0.0375. The molecule has 1 unspecified atom stereocenters. The number of unbranched alkanes of at least 4 members (excludes halogenated alkanes) is 1. The van der Waals surface area contributed by atoms with Crippen molar-refractivity contribution in [3.8, 4) is 0 Å². The molecule has 2 aromatic rings. The zero-order valence-electron chi connectivity index (χ0n) is 11.8. The van der Waals surface area contributed by atoms with E-state index in [1.807, 2.05) is 0 Å². The second-order valence-electron chi connectivity index (χ2n) is 5.05. The zero-order valence-corrected chi connectivity index (χ0v) is 13.3. The Kier molecular flexibility index (Phi) is 6.18. The average molecular weight is 345 g/mol. The van der Waals surface area contributed by atoms with Crippen LogP contribution < -0.4 is 0 Å². The molecule has 0 bridgehead atoms. The van der Waals surface area contributed by atoms with Gasteiger partial charge in [-0.15, -0.1) is 0 Å². The topological polar surface area (TPSA) is 20.2 Å². The highest BCUT2D eigenvalue weighted by atomic mass is 35.5. The van der Waals surface area contributed by atoms with Crippen LogP contribution in [0.15, 0.2) is 36.4 Å². The van der Waals surface area contributed by atoms with Crippen molar-refractivity contribution >= 4 is 23.2 Å². The normalized spacial score (nSPS) is 12.4. The van der Waals surface area contributed by atoms with Crippen LogP contribution in [-0.4, -0.2) is 11.7 Å². The minimum atomic E-state index is -0.606. The van der Waals surface area contributed by atoms with E-state index in [1.165, 1.54) is 18.2 Å². The molecule has 0 radical (unpaired) electrons. The van der Waals surface area contributed by atoms with Crippen LogP contribution in [0.3, 0.4) is 0 Å². The van der Waals surface area contributed by atoms with Crippen molar-refractivity contribution in [3.05, 3.63) is 69.2 Å². The highest BCUT2D eigenvalue weighted by Crippen LogP contribution is 2.39. The molecule has 1 N–H and O–H groups in total. The molecule has 0 fully saturated rings. The van der Waals surface area contributed by atoms with Gasteiger partial charge in [-0.1, -0.05) is 47.8 Å². The summed E-state index contributed by atoms with van der Waals surface area (Å²) in [5, 5.41) is 9.59. The Morgan fingerprint density at radius 2 is 1.59 bits per heavy atom. The molecule has 0 aliphatic carbocycles. The molecule has 2 rings (SSSR count). The molecule has 0 aliphatic rings. The molecule has 0 heterocycles. The molecule has 0 saturated carbocycles. The Balaban J connectivity index is 2.49. The van der Waals surface area contributed by atoms with Crippen molar-refractivity contribution in [1.29, 1.82) is 0 Å². The van der Waals surface area contributed by atoms with E-state index in [9.17, 15) is 8.78 Å². The summed E-state index contributed by atoms with van der Waals surface area (Å²) in [7, 11) is 0. The predicted octanol–water partition coefficient (Wildman–Crippen LogP) is 5.57. The van der Waals surface area contributed by atoms with Crippen molar-refractivity contribution in [2.24, 2.45) is 0 Å². The number of hydrogen-bond acceptors (Lipinski definition) is 1. The highest BCUT2D eigenvalue weighted by Gasteiger charge is 2.24. The van der Waals surface area contributed by atoms with Crippen LogP contribution in [0.4, 0.5) is 8.78 Å². The lowest BCUT2D eigenvalue weighted by atomic mass is 9.86. The Hall–Kier alpha value is -1.16. The van der Waals surface area contributed by atoms with Crippen LogP contribution in [0.5, 0.6) is 0 Å². The van der Waals surface area contributed by atoms with E-state index in [4.69, 9.17) is 28.3 Å². The first kappa shape index (κ1) is 17.2.